The first kappa shape index (κ1) is 18.6. The minimum atomic E-state index is -0.293. The molecule has 1 aliphatic rings. The van der Waals surface area contributed by atoms with Gasteiger partial charge in [0, 0.05) is 23.5 Å². The van der Waals surface area contributed by atoms with Crippen LogP contribution in [0.3, 0.4) is 0 Å². The highest BCUT2D eigenvalue weighted by molar-refractivity contribution is 7.99. The fourth-order valence-corrected chi connectivity index (χ4v) is 4.18. The van der Waals surface area contributed by atoms with Crippen LogP contribution in [0.25, 0.3) is 11.4 Å². The summed E-state index contributed by atoms with van der Waals surface area (Å²) in [5.74, 6) is 0.640. The van der Waals surface area contributed by atoms with Gasteiger partial charge < -0.3 is 4.90 Å². The highest BCUT2D eigenvalue weighted by Gasteiger charge is 2.22. The SMILES string of the molecule is Cc1cc(SCC(=O)N2CCCc3ccccc32)nc(-c2ccc(F)cc2)n1. The maximum absolute atomic E-state index is 13.2. The molecule has 0 saturated heterocycles. The molecule has 0 fully saturated rings. The number of hydrogen-bond donors (Lipinski definition) is 0. The van der Waals surface area contributed by atoms with Crippen LogP contribution in [0.5, 0.6) is 0 Å². The van der Waals surface area contributed by atoms with Crippen molar-refractivity contribution in [2.45, 2.75) is 24.8 Å². The van der Waals surface area contributed by atoms with Crippen molar-refractivity contribution in [1.82, 2.24) is 9.97 Å². The number of halogens is 1. The van der Waals surface area contributed by atoms with Crippen molar-refractivity contribution in [3.05, 3.63) is 71.7 Å². The van der Waals surface area contributed by atoms with Crippen LogP contribution in [0.1, 0.15) is 17.7 Å². The molecule has 1 aliphatic heterocycles. The van der Waals surface area contributed by atoms with Crippen LogP contribution in [0, 0.1) is 12.7 Å². The fraction of sp³-hybridized carbons (Fsp3) is 0.227. The van der Waals surface area contributed by atoms with Crippen molar-refractivity contribution in [3.63, 3.8) is 0 Å². The summed E-state index contributed by atoms with van der Waals surface area (Å²) in [6.45, 7) is 2.64. The standard InChI is InChI=1S/C22H20FN3OS/c1-15-13-20(25-22(24-15)17-8-10-18(23)11-9-17)28-14-21(27)26-12-4-6-16-5-2-3-7-19(16)26/h2-3,5,7-11,13H,4,6,12,14H2,1H3. The van der Waals surface area contributed by atoms with Gasteiger partial charge in [-0.15, -0.1) is 0 Å². The van der Waals surface area contributed by atoms with E-state index < -0.39 is 0 Å². The minimum absolute atomic E-state index is 0.0803. The molecule has 0 N–H and O–H groups in total. The summed E-state index contributed by atoms with van der Waals surface area (Å²) in [6.07, 6.45) is 1.99. The van der Waals surface area contributed by atoms with E-state index in [4.69, 9.17) is 0 Å². The summed E-state index contributed by atoms with van der Waals surface area (Å²) in [5, 5.41) is 0.741. The molecular formula is C22H20FN3OS. The number of nitrogens with zero attached hydrogens (tertiary/aromatic N) is 3. The molecule has 0 bridgehead atoms. The van der Waals surface area contributed by atoms with E-state index >= 15 is 0 Å². The lowest BCUT2D eigenvalue weighted by Gasteiger charge is -2.29. The van der Waals surface area contributed by atoms with Gasteiger partial charge in [-0.2, -0.15) is 0 Å². The topological polar surface area (TPSA) is 46.1 Å². The van der Waals surface area contributed by atoms with Gasteiger partial charge in [-0.05, 0) is 61.7 Å². The number of para-hydroxylation sites is 1. The van der Waals surface area contributed by atoms with E-state index in [0.29, 0.717) is 11.6 Å². The molecule has 0 aliphatic carbocycles. The molecule has 0 saturated carbocycles. The zero-order valence-corrected chi connectivity index (χ0v) is 16.4. The van der Waals surface area contributed by atoms with Gasteiger partial charge in [0.1, 0.15) is 10.8 Å². The number of carbonyl (C=O) groups is 1. The van der Waals surface area contributed by atoms with Crippen molar-refractivity contribution < 1.29 is 9.18 Å². The molecule has 0 spiro atoms. The second-order valence-electron chi connectivity index (χ2n) is 6.74. The van der Waals surface area contributed by atoms with Crippen LogP contribution < -0.4 is 4.90 Å². The predicted molar refractivity (Wildman–Crippen MR) is 110 cm³/mol. The Labute approximate surface area is 167 Å². The van der Waals surface area contributed by atoms with E-state index in [1.807, 2.05) is 36.1 Å². The average molecular weight is 393 g/mol. The molecule has 4 nitrogen and oxygen atoms in total. The third kappa shape index (κ3) is 4.07. The van der Waals surface area contributed by atoms with Crippen molar-refractivity contribution in [1.29, 1.82) is 0 Å². The molecule has 0 unspecified atom stereocenters. The molecule has 3 aromatic rings. The van der Waals surface area contributed by atoms with E-state index in [2.05, 4.69) is 16.0 Å². The Morgan fingerprint density at radius 2 is 1.93 bits per heavy atom. The molecule has 0 radical (unpaired) electrons. The van der Waals surface area contributed by atoms with Crippen LogP contribution in [0.15, 0.2) is 59.6 Å². The molecule has 28 heavy (non-hydrogen) atoms. The molecule has 2 heterocycles. The molecule has 6 heteroatoms. The summed E-state index contributed by atoms with van der Waals surface area (Å²) in [6, 6.07) is 16.1. The number of benzene rings is 2. The van der Waals surface area contributed by atoms with E-state index in [0.717, 1.165) is 41.4 Å². The van der Waals surface area contributed by atoms with Gasteiger partial charge >= 0.3 is 0 Å². The van der Waals surface area contributed by atoms with Gasteiger partial charge in [0.05, 0.1) is 5.75 Å². The second kappa shape index (κ2) is 8.10. The lowest BCUT2D eigenvalue weighted by molar-refractivity contribution is -0.116. The van der Waals surface area contributed by atoms with Crippen molar-refractivity contribution in [3.8, 4) is 11.4 Å². The van der Waals surface area contributed by atoms with E-state index in [9.17, 15) is 9.18 Å². The third-order valence-corrected chi connectivity index (χ3v) is 5.58. The second-order valence-corrected chi connectivity index (χ2v) is 7.74. The van der Waals surface area contributed by atoms with Gasteiger partial charge in [0.2, 0.25) is 5.91 Å². The first-order valence-electron chi connectivity index (χ1n) is 9.23. The number of amides is 1. The van der Waals surface area contributed by atoms with Crippen molar-refractivity contribution in [2.24, 2.45) is 0 Å². The van der Waals surface area contributed by atoms with Crippen LogP contribution in [-0.4, -0.2) is 28.2 Å². The highest BCUT2D eigenvalue weighted by Crippen LogP contribution is 2.28. The van der Waals surface area contributed by atoms with Gasteiger partial charge in [0.15, 0.2) is 5.82 Å². The summed E-state index contributed by atoms with van der Waals surface area (Å²) < 4.78 is 13.2. The first-order valence-corrected chi connectivity index (χ1v) is 10.2. The van der Waals surface area contributed by atoms with Crippen LogP contribution in [0.4, 0.5) is 10.1 Å². The maximum Gasteiger partial charge on any atom is 0.237 e. The van der Waals surface area contributed by atoms with Crippen molar-refractivity contribution in [2.75, 3.05) is 17.2 Å². The molecule has 1 aromatic heterocycles. The summed E-state index contributed by atoms with van der Waals surface area (Å²) in [4.78, 5) is 23.7. The molecule has 0 atom stereocenters. The normalized spacial score (nSPS) is 13.3. The summed E-state index contributed by atoms with van der Waals surface area (Å²) >= 11 is 1.41. The number of aromatic nitrogens is 2. The monoisotopic (exact) mass is 393 g/mol. The fourth-order valence-electron chi connectivity index (χ4n) is 3.35. The maximum atomic E-state index is 13.2. The summed E-state index contributed by atoms with van der Waals surface area (Å²) in [7, 11) is 0. The molecular weight excluding hydrogens is 373 g/mol. The lowest BCUT2D eigenvalue weighted by Crippen LogP contribution is -2.36. The first-order chi connectivity index (χ1) is 13.6. The lowest BCUT2D eigenvalue weighted by atomic mass is 10.0. The summed E-state index contributed by atoms with van der Waals surface area (Å²) in [5.41, 5.74) is 3.81. The van der Waals surface area contributed by atoms with Gasteiger partial charge in [-0.3, -0.25) is 4.79 Å². The zero-order chi connectivity index (χ0) is 19.5. The number of anilines is 1. The van der Waals surface area contributed by atoms with Crippen LogP contribution >= 0.6 is 11.8 Å². The number of fused-ring (bicyclic) bond motifs is 1. The Bertz CT molecular complexity index is 1010. The van der Waals surface area contributed by atoms with E-state index in [1.165, 1.54) is 29.5 Å². The van der Waals surface area contributed by atoms with Crippen molar-refractivity contribution >= 4 is 23.4 Å². The molecule has 2 aromatic carbocycles. The zero-order valence-electron chi connectivity index (χ0n) is 15.6. The number of carbonyl (C=O) groups excluding carboxylic acids is 1. The van der Waals surface area contributed by atoms with Crippen LogP contribution in [-0.2, 0) is 11.2 Å². The number of rotatable bonds is 4. The molecule has 1 amide bonds. The number of thioether (sulfide) groups is 1. The van der Waals surface area contributed by atoms with E-state index in [-0.39, 0.29) is 11.7 Å². The Hall–Kier alpha value is -2.73. The Balaban J connectivity index is 1.49. The third-order valence-electron chi connectivity index (χ3n) is 4.69. The minimum Gasteiger partial charge on any atom is -0.311 e. The quantitative estimate of drug-likeness (QED) is 0.478. The molecule has 4 rings (SSSR count). The Morgan fingerprint density at radius 3 is 2.75 bits per heavy atom. The van der Waals surface area contributed by atoms with E-state index in [1.54, 1.807) is 12.1 Å². The smallest absolute Gasteiger partial charge is 0.237 e. The average Bonchev–Trinajstić information content (AvgIpc) is 2.71. The largest absolute Gasteiger partial charge is 0.311 e. The van der Waals surface area contributed by atoms with Gasteiger partial charge in [-0.1, -0.05) is 30.0 Å². The van der Waals surface area contributed by atoms with Gasteiger partial charge in [-0.25, -0.2) is 14.4 Å². The molecule has 142 valence electrons. The Morgan fingerprint density at radius 1 is 1.14 bits per heavy atom. The van der Waals surface area contributed by atoms with Crippen LogP contribution in [0.2, 0.25) is 0 Å². The predicted octanol–water partition coefficient (Wildman–Crippen LogP) is 4.66. The Kier molecular flexibility index (Phi) is 5.39. The number of aryl methyl sites for hydroxylation is 2. The van der Waals surface area contributed by atoms with Gasteiger partial charge in [0.25, 0.3) is 0 Å². The highest BCUT2D eigenvalue weighted by atomic mass is 32.2. The number of hydrogen-bond acceptors (Lipinski definition) is 4.